The van der Waals surface area contributed by atoms with Gasteiger partial charge in [-0.05, 0) is 32.0 Å². The third-order valence-electron chi connectivity index (χ3n) is 2.76. The topological polar surface area (TPSA) is 62.5 Å². The number of benzene rings is 1. The number of hydrogen-bond donors (Lipinski definition) is 2. The molecular formula is C13H14BrNO3. The van der Waals surface area contributed by atoms with Crippen molar-refractivity contribution in [2.45, 2.75) is 19.9 Å². The highest BCUT2D eigenvalue weighted by Crippen LogP contribution is 2.27. The van der Waals surface area contributed by atoms with Gasteiger partial charge in [0.15, 0.2) is 5.76 Å². The van der Waals surface area contributed by atoms with Crippen LogP contribution in [0.25, 0.3) is 11.0 Å². The van der Waals surface area contributed by atoms with Gasteiger partial charge in [0, 0.05) is 21.5 Å². The maximum atomic E-state index is 12.0. The van der Waals surface area contributed by atoms with Crippen molar-refractivity contribution in [3.8, 4) is 0 Å². The van der Waals surface area contributed by atoms with Crippen LogP contribution in [-0.2, 0) is 0 Å². The first-order valence-corrected chi connectivity index (χ1v) is 6.42. The van der Waals surface area contributed by atoms with E-state index in [1.165, 1.54) is 0 Å². The van der Waals surface area contributed by atoms with Crippen molar-refractivity contribution >= 4 is 32.8 Å². The van der Waals surface area contributed by atoms with Crippen LogP contribution in [0.4, 0.5) is 0 Å². The Labute approximate surface area is 113 Å². The van der Waals surface area contributed by atoms with E-state index >= 15 is 0 Å². The average Bonchev–Trinajstić information content (AvgIpc) is 2.66. The first-order valence-electron chi connectivity index (χ1n) is 5.63. The van der Waals surface area contributed by atoms with Gasteiger partial charge in [0.1, 0.15) is 5.58 Å². The molecule has 1 atom stereocenters. The summed E-state index contributed by atoms with van der Waals surface area (Å²) in [6.45, 7) is 3.47. The second-order valence-corrected chi connectivity index (χ2v) is 5.17. The first kappa shape index (κ1) is 13.1. The number of aliphatic hydroxyl groups is 1. The molecule has 0 radical (unpaired) electrons. The molecule has 0 aliphatic rings. The summed E-state index contributed by atoms with van der Waals surface area (Å²) < 4.78 is 6.49. The summed E-state index contributed by atoms with van der Waals surface area (Å²) in [4.78, 5) is 12.0. The van der Waals surface area contributed by atoms with E-state index in [0.29, 0.717) is 11.3 Å². The van der Waals surface area contributed by atoms with Crippen molar-refractivity contribution in [3.05, 3.63) is 34.0 Å². The fourth-order valence-electron chi connectivity index (χ4n) is 1.74. The fraction of sp³-hybridized carbons (Fsp3) is 0.308. The molecule has 2 aromatic rings. The van der Waals surface area contributed by atoms with Crippen LogP contribution in [0.15, 0.2) is 27.1 Å². The number of rotatable bonds is 3. The molecule has 96 valence electrons. The van der Waals surface area contributed by atoms with Crippen LogP contribution in [0, 0.1) is 6.92 Å². The molecule has 2 rings (SSSR count). The molecule has 0 saturated heterocycles. The summed E-state index contributed by atoms with van der Waals surface area (Å²) >= 11 is 3.39. The zero-order valence-electron chi connectivity index (χ0n) is 10.2. The molecule has 4 nitrogen and oxygen atoms in total. The number of aliphatic hydroxyl groups excluding tert-OH is 1. The lowest BCUT2D eigenvalue weighted by Crippen LogP contribution is -2.35. The molecule has 0 fully saturated rings. The number of hydrogen-bond acceptors (Lipinski definition) is 3. The molecule has 0 aliphatic heterocycles. The minimum Gasteiger partial charge on any atom is -0.451 e. The van der Waals surface area contributed by atoms with Gasteiger partial charge in [-0.15, -0.1) is 0 Å². The predicted molar refractivity (Wildman–Crippen MR) is 72.7 cm³/mol. The molecule has 1 aromatic heterocycles. The smallest absolute Gasteiger partial charge is 0.287 e. The van der Waals surface area contributed by atoms with E-state index in [-0.39, 0.29) is 18.6 Å². The Morgan fingerprint density at radius 1 is 1.56 bits per heavy atom. The molecule has 5 heteroatoms. The number of fused-ring (bicyclic) bond motifs is 1. The first-order chi connectivity index (χ1) is 8.52. The number of amides is 1. The minimum atomic E-state index is -0.304. The van der Waals surface area contributed by atoms with Crippen LogP contribution in [0.2, 0.25) is 0 Å². The van der Waals surface area contributed by atoms with E-state index in [1.807, 2.05) is 25.1 Å². The Balaban J connectivity index is 2.40. The van der Waals surface area contributed by atoms with Gasteiger partial charge in [0.05, 0.1) is 6.61 Å². The number of carbonyl (C=O) groups is 1. The number of halogens is 1. The Hall–Kier alpha value is -1.33. The molecule has 2 N–H and O–H groups in total. The van der Waals surface area contributed by atoms with Crippen LogP contribution >= 0.6 is 15.9 Å². The number of nitrogens with one attached hydrogen (secondary N) is 1. The zero-order chi connectivity index (χ0) is 13.3. The van der Waals surface area contributed by atoms with Crippen LogP contribution in [0.1, 0.15) is 23.0 Å². The minimum absolute atomic E-state index is 0.101. The molecule has 0 unspecified atom stereocenters. The van der Waals surface area contributed by atoms with Crippen molar-refractivity contribution in [1.82, 2.24) is 5.32 Å². The van der Waals surface area contributed by atoms with Crippen molar-refractivity contribution < 1.29 is 14.3 Å². The van der Waals surface area contributed by atoms with Gasteiger partial charge in [0.2, 0.25) is 0 Å². The second-order valence-electron chi connectivity index (χ2n) is 4.25. The van der Waals surface area contributed by atoms with Gasteiger partial charge in [-0.3, -0.25) is 4.79 Å². The van der Waals surface area contributed by atoms with E-state index in [0.717, 1.165) is 15.4 Å². The number of aryl methyl sites for hydroxylation is 1. The number of carbonyl (C=O) groups excluding carboxylic acids is 1. The monoisotopic (exact) mass is 311 g/mol. The summed E-state index contributed by atoms with van der Waals surface area (Å²) in [5.41, 5.74) is 1.48. The van der Waals surface area contributed by atoms with Gasteiger partial charge in [-0.2, -0.15) is 0 Å². The van der Waals surface area contributed by atoms with Gasteiger partial charge in [0.25, 0.3) is 5.91 Å². The van der Waals surface area contributed by atoms with Crippen LogP contribution in [0.3, 0.4) is 0 Å². The SMILES string of the molecule is Cc1c(C(=O)N[C@H](C)CO)oc2ccc(Br)cc12. The highest BCUT2D eigenvalue weighted by molar-refractivity contribution is 9.10. The maximum absolute atomic E-state index is 12.0. The normalized spacial score (nSPS) is 12.7. The third kappa shape index (κ3) is 2.42. The highest BCUT2D eigenvalue weighted by Gasteiger charge is 2.18. The Bertz CT molecular complexity index is 591. The van der Waals surface area contributed by atoms with Crippen molar-refractivity contribution in [3.63, 3.8) is 0 Å². The molecule has 0 bridgehead atoms. The van der Waals surface area contributed by atoms with Gasteiger partial charge >= 0.3 is 0 Å². The van der Waals surface area contributed by atoms with Gasteiger partial charge < -0.3 is 14.8 Å². The predicted octanol–water partition coefficient (Wildman–Crippen LogP) is 2.61. The van der Waals surface area contributed by atoms with E-state index in [2.05, 4.69) is 21.2 Å². The van der Waals surface area contributed by atoms with E-state index in [9.17, 15) is 4.79 Å². The largest absolute Gasteiger partial charge is 0.451 e. The lowest BCUT2D eigenvalue weighted by atomic mass is 10.1. The summed E-state index contributed by atoms with van der Waals surface area (Å²) in [5, 5.41) is 12.5. The Morgan fingerprint density at radius 3 is 2.94 bits per heavy atom. The zero-order valence-corrected chi connectivity index (χ0v) is 11.7. The van der Waals surface area contributed by atoms with Crippen molar-refractivity contribution in [2.75, 3.05) is 6.61 Å². The lowest BCUT2D eigenvalue weighted by Gasteiger charge is -2.09. The summed E-state index contributed by atoms with van der Waals surface area (Å²) in [6.07, 6.45) is 0. The summed E-state index contributed by atoms with van der Waals surface area (Å²) in [7, 11) is 0. The standard InChI is InChI=1S/C13H14BrNO3/c1-7(6-16)15-13(17)12-8(2)10-5-9(14)3-4-11(10)18-12/h3-5,7,16H,6H2,1-2H3,(H,15,17)/t7-/m1/s1. The van der Waals surface area contributed by atoms with Crippen molar-refractivity contribution in [1.29, 1.82) is 0 Å². The van der Waals surface area contributed by atoms with E-state index < -0.39 is 0 Å². The quantitative estimate of drug-likeness (QED) is 0.916. The van der Waals surface area contributed by atoms with Crippen LogP contribution in [-0.4, -0.2) is 23.7 Å². The molecule has 18 heavy (non-hydrogen) atoms. The summed E-state index contributed by atoms with van der Waals surface area (Å²) in [5.74, 6) is -0.00947. The lowest BCUT2D eigenvalue weighted by molar-refractivity contribution is 0.0895. The Kier molecular flexibility index (Phi) is 3.73. The highest BCUT2D eigenvalue weighted by atomic mass is 79.9. The molecule has 0 saturated carbocycles. The van der Waals surface area contributed by atoms with Crippen LogP contribution < -0.4 is 5.32 Å². The molecule has 1 amide bonds. The fourth-order valence-corrected chi connectivity index (χ4v) is 2.11. The molecule has 0 spiro atoms. The van der Waals surface area contributed by atoms with E-state index in [1.54, 1.807) is 6.92 Å². The maximum Gasteiger partial charge on any atom is 0.287 e. The second kappa shape index (κ2) is 5.12. The molecule has 1 aromatic carbocycles. The molecular weight excluding hydrogens is 298 g/mol. The van der Waals surface area contributed by atoms with Crippen molar-refractivity contribution in [2.24, 2.45) is 0 Å². The molecule has 1 heterocycles. The molecule has 0 aliphatic carbocycles. The summed E-state index contributed by atoms with van der Waals surface area (Å²) in [6, 6.07) is 5.31. The van der Waals surface area contributed by atoms with Crippen LogP contribution in [0.5, 0.6) is 0 Å². The van der Waals surface area contributed by atoms with E-state index in [4.69, 9.17) is 9.52 Å². The third-order valence-corrected chi connectivity index (χ3v) is 3.25. The van der Waals surface area contributed by atoms with Gasteiger partial charge in [-0.1, -0.05) is 15.9 Å². The van der Waals surface area contributed by atoms with Gasteiger partial charge in [-0.25, -0.2) is 0 Å². The number of furan rings is 1. The average molecular weight is 312 g/mol. The Morgan fingerprint density at radius 2 is 2.28 bits per heavy atom.